The molecular formula is C14H18F3NO2. The molecule has 20 heavy (non-hydrogen) atoms. The molecule has 0 aromatic heterocycles. The Bertz CT molecular complexity index is 450. The lowest BCUT2D eigenvalue weighted by atomic mass is 10.2. The molecule has 0 bridgehead atoms. The molecule has 0 saturated heterocycles. The Morgan fingerprint density at radius 2 is 1.95 bits per heavy atom. The minimum Gasteiger partial charge on any atom is -0.389 e. The summed E-state index contributed by atoms with van der Waals surface area (Å²) in [7, 11) is 0. The molecule has 1 aliphatic rings. The van der Waals surface area contributed by atoms with Gasteiger partial charge in [-0.1, -0.05) is 12.8 Å². The molecule has 0 heterocycles. The molecule has 1 atom stereocenters. The first kappa shape index (κ1) is 15.1. The second-order valence-corrected chi connectivity index (χ2v) is 5.02. The number of ether oxygens (including phenoxy) is 1. The standard InChI is InChI=1S/C14H18F3NO2/c15-9-5-12(16)14(17)13(6-9)18-7-10(19)8-20-11-3-1-2-4-11/h5-6,10-11,18-19H,1-4,7-8H2. The smallest absolute Gasteiger partial charge is 0.182 e. The van der Waals surface area contributed by atoms with Crippen molar-refractivity contribution in [3.8, 4) is 0 Å². The number of benzene rings is 1. The molecule has 2 rings (SSSR count). The second kappa shape index (κ2) is 6.95. The third-order valence-electron chi connectivity index (χ3n) is 3.35. The summed E-state index contributed by atoms with van der Waals surface area (Å²) in [5.74, 6) is -3.29. The van der Waals surface area contributed by atoms with E-state index in [2.05, 4.69) is 5.32 Å². The van der Waals surface area contributed by atoms with Crippen molar-refractivity contribution < 1.29 is 23.0 Å². The van der Waals surface area contributed by atoms with Gasteiger partial charge in [-0.05, 0) is 12.8 Å². The molecule has 0 spiro atoms. The van der Waals surface area contributed by atoms with Crippen LogP contribution in [-0.2, 0) is 4.74 Å². The third-order valence-corrected chi connectivity index (χ3v) is 3.35. The van der Waals surface area contributed by atoms with Crippen LogP contribution in [0, 0.1) is 17.5 Å². The van der Waals surface area contributed by atoms with Gasteiger partial charge in [-0.3, -0.25) is 0 Å². The van der Waals surface area contributed by atoms with E-state index in [0.29, 0.717) is 6.07 Å². The lowest BCUT2D eigenvalue weighted by Crippen LogP contribution is -2.27. The number of anilines is 1. The molecule has 1 saturated carbocycles. The van der Waals surface area contributed by atoms with Crippen LogP contribution in [0.1, 0.15) is 25.7 Å². The zero-order valence-corrected chi connectivity index (χ0v) is 11.0. The summed E-state index contributed by atoms with van der Waals surface area (Å²) in [6.45, 7) is 0.0869. The van der Waals surface area contributed by atoms with Gasteiger partial charge >= 0.3 is 0 Å². The van der Waals surface area contributed by atoms with Crippen molar-refractivity contribution in [3.63, 3.8) is 0 Å². The Morgan fingerprint density at radius 3 is 2.65 bits per heavy atom. The Hall–Kier alpha value is -1.27. The van der Waals surface area contributed by atoms with Crippen LogP contribution in [0.25, 0.3) is 0 Å². The number of hydrogen-bond acceptors (Lipinski definition) is 3. The number of halogens is 3. The van der Waals surface area contributed by atoms with Gasteiger partial charge in [0.2, 0.25) is 0 Å². The van der Waals surface area contributed by atoms with E-state index in [1.807, 2.05) is 0 Å². The molecule has 1 unspecified atom stereocenters. The SMILES string of the molecule is OC(CNc1cc(F)cc(F)c1F)COC1CCCC1. The molecule has 1 aromatic rings. The Kier molecular flexibility index (Phi) is 5.25. The Morgan fingerprint density at radius 1 is 1.25 bits per heavy atom. The Balaban J connectivity index is 1.79. The summed E-state index contributed by atoms with van der Waals surface area (Å²) in [5, 5.41) is 12.2. The molecule has 3 nitrogen and oxygen atoms in total. The van der Waals surface area contributed by atoms with E-state index >= 15 is 0 Å². The van der Waals surface area contributed by atoms with Crippen molar-refractivity contribution >= 4 is 5.69 Å². The predicted molar refractivity (Wildman–Crippen MR) is 69.0 cm³/mol. The van der Waals surface area contributed by atoms with Crippen molar-refractivity contribution in [1.29, 1.82) is 0 Å². The van der Waals surface area contributed by atoms with Crippen molar-refractivity contribution in [2.75, 3.05) is 18.5 Å². The van der Waals surface area contributed by atoms with Gasteiger partial charge in [0, 0.05) is 18.7 Å². The summed E-state index contributed by atoms with van der Waals surface area (Å²) in [5.41, 5.74) is -0.303. The fourth-order valence-electron chi connectivity index (χ4n) is 2.27. The van der Waals surface area contributed by atoms with Crippen LogP contribution in [0.3, 0.4) is 0 Å². The van der Waals surface area contributed by atoms with Gasteiger partial charge < -0.3 is 15.2 Å². The Labute approximate surface area is 115 Å². The highest BCUT2D eigenvalue weighted by Crippen LogP contribution is 2.21. The molecule has 0 amide bonds. The van der Waals surface area contributed by atoms with Crippen LogP contribution >= 0.6 is 0 Å². The van der Waals surface area contributed by atoms with Gasteiger partial charge in [0.05, 0.1) is 24.5 Å². The fraction of sp³-hybridized carbons (Fsp3) is 0.571. The van der Waals surface area contributed by atoms with E-state index in [0.717, 1.165) is 31.7 Å². The van der Waals surface area contributed by atoms with E-state index in [1.165, 1.54) is 0 Å². The predicted octanol–water partition coefficient (Wildman–Crippen LogP) is 2.84. The molecule has 0 aliphatic heterocycles. The highest BCUT2D eigenvalue weighted by Gasteiger charge is 2.17. The zero-order chi connectivity index (χ0) is 14.5. The molecule has 1 aromatic carbocycles. The second-order valence-electron chi connectivity index (χ2n) is 5.02. The average Bonchev–Trinajstić information content (AvgIpc) is 2.92. The first-order valence-electron chi connectivity index (χ1n) is 6.74. The maximum Gasteiger partial charge on any atom is 0.182 e. The monoisotopic (exact) mass is 289 g/mol. The minimum atomic E-state index is -1.26. The first-order chi connectivity index (χ1) is 9.56. The van der Waals surface area contributed by atoms with Crippen molar-refractivity contribution in [3.05, 3.63) is 29.6 Å². The summed E-state index contributed by atoms with van der Waals surface area (Å²) >= 11 is 0. The molecule has 6 heteroatoms. The van der Waals surface area contributed by atoms with Gasteiger partial charge in [-0.15, -0.1) is 0 Å². The summed E-state index contributed by atoms with van der Waals surface area (Å²) in [4.78, 5) is 0. The summed E-state index contributed by atoms with van der Waals surface area (Å²) in [6, 6.07) is 1.32. The highest BCUT2D eigenvalue weighted by molar-refractivity contribution is 5.45. The minimum absolute atomic E-state index is 0.0352. The zero-order valence-electron chi connectivity index (χ0n) is 11.0. The van der Waals surface area contributed by atoms with E-state index in [1.54, 1.807) is 0 Å². The van der Waals surface area contributed by atoms with E-state index in [-0.39, 0.29) is 24.9 Å². The first-order valence-corrected chi connectivity index (χ1v) is 6.74. The van der Waals surface area contributed by atoms with Gasteiger partial charge in [0.15, 0.2) is 11.6 Å². The largest absolute Gasteiger partial charge is 0.389 e. The molecule has 1 fully saturated rings. The maximum atomic E-state index is 13.3. The molecule has 0 radical (unpaired) electrons. The summed E-state index contributed by atoms with van der Waals surface area (Å²) in [6.07, 6.45) is 3.56. The van der Waals surface area contributed by atoms with Gasteiger partial charge in [0.1, 0.15) is 5.82 Å². The number of aliphatic hydroxyl groups excluding tert-OH is 1. The normalized spacial score (nSPS) is 17.4. The van der Waals surface area contributed by atoms with E-state index < -0.39 is 23.6 Å². The maximum absolute atomic E-state index is 13.3. The van der Waals surface area contributed by atoms with Crippen LogP contribution < -0.4 is 5.32 Å². The number of nitrogens with one attached hydrogen (secondary N) is 1. The molecule has 112 valence electrons. The van der Waals surface area contributed by atoms with Gasteiger partial charge in [0.25, 0.3) is 0 Å². The number of aliphatic hydroxyl groups is 1. The van der Waals surface area contributed by atoms with Crippen LogP contribution in [0.5, 0.6) is 0 Å². The van der Waals surface area contributed by atoms with Crippen molar-refractivity contribution in [1.82, 2.24) is 0 Å². The molecular weight excluding hydrogens is 271 g/mol. The lowest BCUT2D eigenvalue weighted by Gasteiger charge is -2.16. The average molecular weight is 289 g/mol. The van der Waals surface area contributed by atoms with E-state index in [4.69, 9.17) is 4.74 Å². The molecule has 2 N–H and O–H groups in total. The third kappa shape index (κ3) is 4.11. The van der Waals surface area contributed by atoms with Gasteiger partial charge in [-0.25, -0.2) is 13.2 Å². The van der Waals surface area contributed by atoms with Crippen LogP contribution in [0.15, 0.2) is 12.1 Å². The highest BCUT2D eigenvalue weighted by atomic mass is 19.2. The van der Waals surface area contributed by atoms with E-state index in [9.17, 15) is 18.3 Å². The number of rotatable bonds is 6. The fourth-order valence-corrected chi connectivity index (χ4v) is 2.27. The van der Waals surface area contributed by atoms with Crippen LogP contribution in [0.2, 0.25) is 0 Å². The van der Waals surface area contributed by atoms with Crippen molar-refractivity contribution in [2.45, 2.75) is 37.9 Å². The van der Waals surface area contributed by atoms with Crippen molar-refractivity contribution in [2.24, 2.45) is 0 Å². The quantitative estimate of drug-likeness (QED) is 0.791. The molecule has 1 aliphatic carbocycles. The number of hydrogen-bond donors (Lipinski definition) is 2. The van der Waals surface area contributed by atoms with Gasteiger partial charge in [-0.2, -0.15) is 0 Å². The topological polar surface area (TPSA) is 41.5 Å². The van der Waals surface area contributed by atoms with Crippen LogP contribution in [-0.4, -0.2) is 30.5 Å². The lowest BCUT2D eigenvalue weighted by molar-refractivity contribution is -0.00119. The van der Waals surface area contributed by atoms with Crippen LogP contribution in [0.4, 0.5) is 18.9 Å². The summed E-state index contributed by atoms with van der Waals surface area (Å²) < 4.78 is 44.8.